The smallest absolute Gasteiger partial charge is 0.268 e. The molecule has 5 rings (SSSR count). The standard InChI is InChI=1S/C28H25NO4S/c1-19-11-15-22(16-12-19)34(32,33)29-26-10-6-5-9-23(26)24(17-27(31)20-13-14-20)25(18-30)28(29)21-7-3-2-4-8-21/h2-12,15-16,18,20,24H,13-14,17H2,1H3/t24-/m1/s1. The third kappa shape index (κ3) is 3.88. The number of hydrogen-bond donors (Lipinski definition) is 0. The van der Waals surface area contributed by atoms with Crippen LogP contribution in [0, 0.1) is 12.8 Å². The van der Waals surface area contributed by atoms with E-state index < -0.39 is 15.9 Å². The second-order valence-electron chi connectivity index (χ2n) is 8.93. The minimum absolute atomic E-state index is 0.0505. The van der Waals surface area contributed by atoms with E-state index in [1.54, 1.807) is 48.5 Å². The Balaban J connectivity index is 1.77. The topological polar surface area (TPSA) is 71.5 Å². The molecule has 0 radical (unpaired) electrons. The zero-order chi connectivity index (χ0) is 23.9. The zero-order valence-electron chi connectivity index (χ0n) is 18.8. The van der Waals surface area contributed by atoms with Crippen molar-refractivity contribution in [2.45, 2.75) is 37.0 Å². The van der Waals surface area contributed by atoms with Crippen LogP contribution in [0.25, 0.3) is 5.70 Å². The second kappa shape index (κ2) is 8.69. The molecule has 3 aromatic carbocycles. The van der Waals surface area contributed by atoms with Gasteiger partial charge < -0.3 is 0 Å². The van der Waals surface area contributed by atoms with Crippen molar-refractivity contribution >= 4 is 33.5 Å². The number of rotatable bonds is 7. The molecule has 3 aromatic rings. The van der Waals surface area contributed by atoms with E-state index in [0.29, 0.717) is 28.1 Å². The van der Waals surface area contributed by atoms with E-state index in [1.807, 2.05) is 37.3 Å². The summed E-state index contributed by atoms with van der Waals surface area (Å²) in [6, 6.07) is 22.9. The molecule has 0 spiro atoms. The Morgan fingerprint density at radius 3 is 2.24 bits per heavy atom. The fourth-order valence-electron chi connectivity index (χ4n) is 4.61. The number of allylic oxidation sites excluding steroid dienone is 1. The van der Waals surface area contributed by atoms with Gasteiger partial charge in [0, 0.05) is 23.8 Å². The summed E-state index contributed by atoms with van der Waals surface area (Å²) in [6.07, 6.45) is 2.67. The van der Waals surface area contributed by atoms with Crippen LogP contribution in [0.3, 0.4) is 0 Å². The monoisotopic (exact) mass is 471 g/mol. The average Bonchev–Trinajstić information content (AvgIpc) is 3.70. The fourth-order valence-corrected chi connectivity index (χ4v) is 6.18. The largest absolute Gasteiger partial charge is 0.299 e. The molecule has 0 amide bonds. The number of nitrogens with zero attached hydrogens (tertiary/aromatic N) is 1. The first-order chi connectivity index (χ1) is 16.4. The van der Waals surface area contributed by atoms with Crippen molar-refractivity contribution < 1.29 is 18.0 Å². The third-order valence-corrected chi connectivity index (χ3v) is 8.28. The summed E-state index contributed by atoms with van der Waals surface area (Å²) in [5.41, 5.74) is 3.33. The van der Waals surface area contributed by atoms with E-state index in [2.05, 4.69) is 0 Å². The van der Waals surface area contributed by atoms with Gasteiger partial charge in [0.15, 0.2) is 0 Å². The summed E-state index contributed by atoms with van der Waals surface area (Å²) in [7, 11) is -4.06. The second-order valence-corrected chi connectivity index (χ2v) is 10.7. The van der Waals surface area contributed by atoms with Gasteiger partial charge >= 0.3 is 0 Å². The van der Waals surface area contributed by atoms with Crippen molar-refractivity contribution in [3.05, 3.63) is 101 Å². The van der Waals surface area contributed by atoms with Crippen molar-refractivity contribution in [3.63, 3.8) is 0 Å². The van der Waals surface area contributed by atoms with Crippen molar-refractivity contribution in [2.75, 3.05) is 4.31 Å². The molecule has 0 N–H and O–H groups in total. The number of fused-ring (bicyclic) bond motifs is 1. The Kier molecular flexibility index (Phi) is 5.70. The molecule has 172 valence electrons. The van der Waals surface area contributed by atoms with Crippen LogP contribution in [-0.4, -0.2) is 20.5 Å². The van der Waals surface area contributed by atoms with Crippen LogP contribution in [0.5, 0.6) is 0 Å². The van der Waals surface area contributed by atoms with E-state index in [9.17, 15) is 18.0 Å². The van der Waals surface area contributed by atoms with Gasteiger partial charge in [0.25, 0.3) is 10.0 Å². The predicted molar refractivity (Wildman–Crippen MR) is 132 cm³/mol. The fraction of sp³-hybridized carbons (Fsp3) is 0.214. The van der Waals surface area contributed by atoms with Crippen molar-refractivity contribution in [1.29, 1.82) is 0 Å². The average molecular weight is 472 g/mol. The molecule has 1 atom stereocenters. The van der Waals surface area contributed by atoms with Gasteiger partial charge in [-0.3, -0.25) is 9.59 Å². The van der Waals surface area contributed by atoms with E-state index in [4.69, 9.17) is 0 Å². The number of ketones is 1. The maximum absolute atomic E-state index is 14.1. The van der Waals surface area contributed by atoms with Gasteiger partial charge in [0.2, 0.25) is 0 Å². The van der Waals surface area contributed by atoms with Crippen LogP contribution < -0.4 is 4.31 Å². The van der Waals surface area contributed by atoms with Gasteiger partial charge in [-0.2, -0.15) is 0 Å². The van der Waals surface area contributed by atoms with Crippen LogP contribution in [0.1, 0.15) is 41.9 Å². The maximum Gasteiger partial charge on any atom is 0.268 e. The van der Waals surface area contributed by atoms with Crippen LogP contribution in [0.4, 0.5) is 5.69 Å². The highest BCUT2D eigenvalue weighted by Crippen LogP contribution is 2.48. The number of carbonyl (C=O) groups is 2. The van der Waals surface area contributed by atoms with Gasteiger partial charge in [-0.15, -0.1) is 0 Å². The molecule has 5 nitrogen and oxygen atoms in total. The minimum Gasteiger partial charge on any atom is -0.299 e. The van der Waals surface area contributed by atoms with Crippen molar-refractivity contribution in [2.24, 2.45) is 5.92 Å². The maximum atomic E-state index is 14.1. The highest BCUT2D eigenvalue weighted by molar-refractivity contribution is 7.93. The molecule has 0 unspecified atom stereocenters. The first-order valence-corrected chi connectivity index (χ1v) is 12.8. The first-order valence-electron chi connectivity index (χ1n) is 11.4. The van der Waals surface area contributed by atoms with E-state index in [-0.39, 0.29) is 23.0 Å². The molecule has 0 bridgehead atoms. The summed E-state index contributed by atoms with van der Waals surface area (Å²) < 4.78 is 29.4. The zero-order valence-corrected chi connectivity index (χ0v) is 19.7. The lowest BCUT2D eigenvalue weighted by Crippen LogP contribution is -2.36. The number of hydrogen-bond acceptors (Lipinski definition) is 4. The Hall–Kier alpha value is -3.51. The minimum atomic E-state index is -4.06. The normalized spacial score (nSPS) is 17.9. The number of para-hydroxylation sites is 1. The molecule has 34 heavy (non-hydrogen) atoms. The van der Waals surface area contributed by atoms with Crippen molar-refractivity contribution in [1.82, 2.24) is 0 Å². The van der Waals surface area contributed by atoms with E-state index in [1.165, 1.54) is 4.31 Å². The van der Waals surface area contributed by atoms with Gasteiger partial charge in [0.1, 0.15) is 12.1 Å². The Morgan fingerprint density at radius 2 is 1.59 bits per heavy atom. The summed E-state index contributed by atoms with van der Waals surface area (Å²) >= 11 is 0. The highest BCUT2D eigenvalue weighted by atomic mass is 32.2. The first kappa shape index (κ1) is 22.3. The highest BCUT2D eigenvalue weighted by Gasteiger charge is 2.41. The van der Waals surface area contributed by atoms with Crippen LogP contribution in [0.2, 0.25) is 0 Å². The molecule has 1 fully saturated rings. The van der Waals surface area contributed by atoms with Crippen LogP contribution >= 0.6 is 0 Å². The molecular weight excluding hydrogens is 446 g/mol. The lowest BCUT2D eigenvalue weighted by atomic mass is 9.81. The number of aryl methyl sites for hydroxylation is 1. The van der Waals surface area contributed by atoms with Gasteiger partial charge in [-0.25, -0.2) is 12.7 Å². The molecule has 0 saturated heterocycles. The number of carbonyl (C=O) groups excluding carboxylic acids is 2. The molecule has 6 heteroatoms. The van der Waals surface area contributed by atoms with Crippen LogP contribution in [-0.2, 0) is 19.6 Å². The summed E-state index contributed by atoms with van der Waals surface area (Å²) in [4.78, 5) is 25.6. The summed E-state index contributed by atoms with van der Waals surface area (Å²) in [6.45, 7) is 1.90. The molecule has 2 aliphatic rings. The molecular formula is C28H25NO4S. The molecule has 0 aromatic heterocycles. The number of aldehydes is 1. The molecule has 1 saturated carbocycles. The molecule has 1 aliphatic heterocycles. The predicted octanol–water partition coefficient (Wildman–Crippen LogP) is 5.27. The summed E-state index contributed by atoms with van der Waals surface area (Å²) in [5, 5.41) is 0. The van der Waals surface area contributed by atoms with Gasteiger partial charge in [-0.1, -0.05) is 66.2 Å². The van der Waals surface area contributed by atoms with E-state index in [0.717, 1.165) is 24.7 Å². The number of sulfonamides is 1. The Labute approximate surface area is 199 Å². The summed E-state index contributed by atoms with van der Waals surface area (Å²) in [5.74, 6) is -0.322. The van der Waals surface area contributed by atoms with Gasteiger partial charge in [-0.05, 0) is 49.1 Å². The van der Waals surface area contributed by atoms with Crippen molar-refractivity contribution in [3.8, 4) is 0 Å². The molecule has 1 aliphatic carbocycles. The Bertz CT molecular complexity index is 1390. The molecule has 1 heterocycles. The van der Waals surface area contributed by atoms with Crippen LogP contribution in [0.15, 0.2) is 89.3 Å². The number of benzene rings is 3. The SMILES string of the molecule is Cc1ccc(S(=O)(=O)N2C(c3ccccc3)=C(C=O)[C@H](CC(=O)C3CC3)c3ccccc32)cc1. The lowest BCUT2D eigenvalue weighted by molar-refractivity contribution is -0.120. The number of Topliss-reactive ketones (excluding diaryl/α,β-unsaturated/α-hetero) is 1. The Morgan fingerprint density at radius 1 is 0.941 bits per heavy atom. The quantitative estimate of drug-likeness (QED) is 0.440. The third-order valence-electron chi connectivity index (χ3n) is 6.55. The van der Waals surface area contributed by atoms with E-state index >= 15 is 0 Å². The lowest BCUT2D eigenvalue weighted by Gasteiger charge is -2.37. The van der Waals surface area contributed by atoms with Gasteiger partial charge in [0.05, 0.1) is 16.3 Å². The number of anilines is 1.